The second-order valence-corrected chi connectivity index (χ2v) is 6.63. The van der Waals surface area contributed by atoms with Gasteiger partial charge in [-0.3, -0.25) is 18.6 Å². The smallest absolute Gasteiger partial charge is 0.310 e. The van der Waals surface area contributed by atoms with Crippen LogP contribution in [0.3, 0.4) is 0 Å². The van der Waals surface area contributed by atoms with Crippen molar-refractivity contribution in [2.24, 2.45) is 7.05 Å². The van der Waals surface area contributed by atoms with Gasteiger partial charge in [0.25, 0.3) is 5.56 Å². The van der Waals surface area contributed by atoms with E-state index in [2.05, 4.69) is 10.2 Å². The van der Waals surface area contributed by atoms with E-state index in [0.717, 1.165) is 0 Å². The van der Waals surface area contributed by atoms with Gasteiger partial charge in [-0.25, -0.2) is 4.39 Å². The lowest BCUT2D eigenvalue weighted by Crippen LogP contribution is -2.19. The number of hydrogen-bond donors (Lipinski definition) is 0. The second kappa shape index (κ2) is 6.34. The summed E-state index contributed by atoms with van der Waals surface area (Å²) in [7, 11) is 1.62. The number of carbonyl (C=O) groups excluding carboxylic acids is 1. The molecule has 4 rings (SSSR count). The van der Waals surface area contributed by atoms with E-state index >= 15 is 0 Å². The van der Waals surface area contributed by atoms with Crippen LogP contribution in [0.2, 0.25) is 0 Å². The molecule has 3 heterocycles. The average Bonchev–Trinajstić information content (AvgIpc) is 3.24. The van der Waals surface area contributed by atoms with Crippen LogP contribution >= 0.6 is 11.3 Å². The van der Waals surface area contributed by atoms with E-state index in [1.807, 2.05) is 5.38 Å². The molecule has 0 aliphatic rings. The van der Waals surface area contributed by atoms with E-state index in [0.29, 0.717) is 27.4 Å². The maximum Gasteiger partial charge on any atom is 0.310 e. The number of halogens is 1. The summed E-state index contributed by atoms with van der Waals surface area (Å²) in [6.45, 7) is -0.0987. The predicted octanol–water partition coefficient (Wildman–Crippen LogP) is 2.07. The first kappa shape index (κ1) is 16.4. The summed E-state index contributed by atoms with van der Waals surface area (Å²) in [6.07, 6.45) is -0.0408. The number of rotatable bonds is 4. The number of aromatic nitrogens is 4. The van der Waals surface area contributed by atoms with Crippen LogP contribution in [0.1, 0.15) is 11.4 Å². The van der Waals surface area contributed by atoms with Crippen LogP contribution in [0.5, 0.6) is 0 Å². The Morgan fingerprint density at radius 3 is 2.96 bits per heavy atom. The Kier molecular flexibility index (Phi) is 4.00. The van der Waals surface area contributed by atoms with Gasteiger partial charge in [0, 0.05) is 7.05 Å². The van der Waals surface area contributed by atoms with Gasteiger partial charge in [0.15, 0.2) is 12.4 Å². The average molecular weight is 372 g/mol. The molecule has 9 heteroatoms. The summed E-state index contributed by atoms with van der Waals surface area (Å²) in [4.78, 5) is 24.3. The standard InChI is InChI=1S/C17H13FN4O3S/c1-21-16(24)15-12(5-6-26-15)22-13(19-20-17(21)22)9-25-14(23)8-10-3-2-4-11(18)7-10/h2-7H,8-9H2,1H3. The number of hydrogen-bond acceptors (Lipinski definition) is 6. The lowest BCUT2D eigenvalue weighted by molar-refractivity contribution is -0.144. The Morgan fingerprint density at radius 2 is 2.15 bits per heavy atom. The van der Waals surface area contributed by atoms with Gasteiger partial charge in [0.05, 0.1) is 11.9 Å². The summed E-state index contributed by atoms with van der Waals surface area (Å²) in [6, 6.07) is 7.60. The molecule has 0 saturated heterocycles. The number of fused-ring (bicyclic) bond motifs is 3. The predicted molar refractivity (Wildman–Crippen MR) is 93.5 cm³/mol. The molecule has 3 aromatic heterocycles. The molecule has 0 spiro atoms. The molecule has 1 aromatic carbocycles. The molecule has 0 atom stereocenters. The van der Waals surface area contributed by atoms with Gasteiger partial charge < -0.3 is 4.74 Å². The molecule has 0 radical (unpaired) electrons. The maximum absolute atomic E-state index is 13.2. The summed E-state index contributed by atoms with van der Waals surface area (Å²) in [5, 5.41) is 9.87. The van der Waals surface area contributed by atoms with Gasteiger partial charge in [-0.2, -0.15) is 0 Å². The van der Waals surface area contributed by atoms with Crippen LogP contribution in [0.25, 0.3) is 16.0 Å². The third-order valence-corrected chi connectivity index (χ3v) is 4.89. The number of nitrogens with zero attached hydrogens (tertiary/aromatic N) is 4. The van der Waals surface area contributed by atoms with Gasteiger partial charge in [-0.05, 0) is 29.1 Å². The maximum atomic E-state index is 13.2. The molecule has 4 aromatic rings. The van der Waals surface area contributed by atoms with Crippen LogP contribution in [-0.4, -0.2) is 25.1 Å². The van der Waals surface area contributed by atoms with E-state index in [1.54, 1.807) is 23.6 Å². The Hall–Kier alpha value is -3.07. The summed E-state index contributed by atoms with van der Waals surface area (Å²) in [5.74, 6) is -0.123. The molecule has 0 unspecified atom stereocenters. The highest BCUT2D eigenvalue weighted by Gasteiger charge is 2.16. The number of esters is 1. The Balaban J connectivity index is 1.60. The summed E-state index contributed by atoms with van der Waals surface area (Å²) >= 11 is 1.33. The van der Waals surface area contributed by atoms with Crippen LogP contribution in [-0.2, 0) is 29.6 Å². The number of thiophene rings is 1. The van der Waals surface area contributed by atoms with Gasteiger partial charge in [0.2, 0.25) is 5.78 Å². The normalized spacial score (nSPS) is 11.3. The van der Waals surface area contributed by atoms with E-state index in [4.69, 9.17) is 4.74 Å². The number of benzene rings is 1. The van der Waals surface area contributed by atoms with Crippen molar-refractivity contribution >= 4 is 33.3 Å². The molecule has 0 fully saturated rings. The number of aryl methyl sites for hydroxylation is 1. The fourth-order valence-corrected chi connectivity index (χ4v) is 3.61. The van der Waals surface area contributed by atoms with Gasteiger partial charge in [-0.15, -0.1) is 21.5 Å². The quantitative estimate of drug-likeness (QED) is 0.513. The van der Waals surface area contributed by atoms with Crippen molar-refractivity contribution in [1.82, 2.24) is 19.2 Å². The lowest BCUT2D eigenvalue weighted by atomic mass is 10.1. The SMILES string of the molecule is Cn1c(=O)c2sccc2n2c(COC(=O)Cc3cccc(F)c3)nnc12. The topological polar surface area (TPSA) is 78.5 Å². The molecule has 26 heavy (non-hydrogen) atoms. The first-order valence-corrected chi connectivity index (χ1v) is 8.63. The minimum Gasteiger partial charge on any atom is -0.457 e. The Morgan fingerprint density at radius 1 is 1.31 bits per heavy atom. The van der Waals surface area contributed by atoms with Crippen LogP contribution in [0.4, 0.5) is 4.39 Å². The van der Waals surface area contributed by atoms with E-state index in [1.165, 1.54) is 34.1 Å². The van der Waals surface area contributed by atoms with E-state index in [9.17, 15) is 14.0 Å². The molecule has 0 aliphatic heterocycles. The van der Waals surface area contributed by atoms with E-state index in [-0.39, 0.29) is 18.6 Å². The van der Waals surface area contributed by atoms with Gasteiger partial charge >= 0.3 is 5.97 Å². The van der Waals surface area contributed by atoms with Crippen molar-refractivity contribution in [3.8, 4) is 0 Å². The summed E-state index contributed by atoms with van der Waals surface area (Å²) in [5.41, 5.74) is 1.06. The molecule has 0 N–H and O–H groups in total. The van der Waals surface area contributed by atoms with Crippen molar-refractivity contribution in [2.75, 3.05) is 0 Å². The zero-order valence-electron chi connectivity index (χ0n) is 13.7. The molecule has 0 aliphatic carbocycles. The molecule has 0 saturated carbocycles. The van der Waals surface area contributed by atoms with Gasteiger partial charge in [0.1, 0.15) is 10.5 Å². The molecule has 0 bridgehead atoms. The minimum atomic E-state index is -0.501. The van der Waals surface area contributed by atoms with Gasteiger partial charge in [-0.1, -0.05) is 12.1 Å². The van der Waals surface area contributed by atoms with Crippen LogP contribution in [0, 0.1) is 5.82 Å². The van der Waals surface area contributed by atoms with Crippen LogP contribution in [0.15, 0.2) is 40.5 Å². The second-order valence-electron chi connectivity index (χ2n) is 5.72. The van der Waals surface area contributed by atoms with Crippen LogP contribution < -0.4 is 5.56 Å². The molecule has 132 valence electrons. The fraction of sp³-hybridized carbons (Fsp3) is 0.176. The zero-order valence-corrected chi connectivity index (χ0v) is 14.5. The third-order valence-electron chi connectivity index (χ3n) is 4.00. The van der Waals surface area contributed by atoms with Crippen molar-refractivity contribution in [1.29, 1.82) is 0 Å². The van der Waals surface area contributed by atoms with Crippen molar-refractivity contribution < 1.29 is 13.9 Å². The summed E-state index contributed by atoms with van der Waals surface area (Å²) < 4.78 is 22.1. The first-order valence-electron chi connectivity index (χ1n) is 7.75. The van der Waals surface area contributed by atoms with Crippen molar-refractivity contribution in [2.45, 2.75) is 13.0 Å². The molecule has 7 nitrogen and oxygen atoms in total. The van der Waals surface area contributed by atoms with Crippen molar-refractivity contribution in [3.63, 3.8) is 0 Å². The molecular formula is C17H13FN4O3S. The first-order chi connectivity index (χ1) is 12.5. The highest BCUT2D eigenvalue weighted by molar-refractivity contribution is 7.17. The monoisotopic (exact) mass is 372 g/mol. The molecular weight excluding hydrogens is 359 g/mol. The zero-order chi connectivity index (χ0) is 18.3. The Labute approximate surface area is 150 Å². The minimum absolute atomic E-state index is 0.0408. The third kappa shape index (κ3) is 2.76. The van der Waals surface area contributed by atoms with E-state index < -0.39 is 11.8 Å². The van der Waals surface area contributed by atoms with Crippen molar-refractivity contribution in [3.05, 3.63) is 63.3 Å². The Bertz CT molecular complexity index is 1190. The highest BCUT2D eigenvalue weighted by Crippen LogP contribution is 2.19. The molecule has 0 amide bonds. The number of carbonyl (C=O) groups is 1. The number of ether oxygens (including phenoxy) is 1. The lowest BCUT2D eigenvalue weighted by Gasteiger charge is -2.06. The highest BCUT2D eigenvalue weighted by atomic mass is 32.1. The fourth-order valence-electron chi connectivity index (χ4n) is 2.76. The largest absolute Gasteiger partial charge is 0.457 e.